The van der Waals surface area contributed by atoms with Gasteiger partial charge in [-0.15, -0.1) is 0 Å². The van der Waals surface area contributed by atoms with Gasteiger partial charge in [-0.3, -0.25) is 14.8 Å². The van der Waals surface area contributed by atoms with Crippen LogP contribution in [-0.4, -0.2) is 28.9 Å². The molecule has 0 unspecified atom stereocenters. The zero-order chi connectivity index (χ0) is 21.1. The molecular formula is C23H21N3O4. The van der Waals surface area contributed by atoms with Gasteiger partial charge < -0.3 is 9.47 Å². The first-order valence-corrected chi connectivity index (χ1v) is 9.47. The third-order valence-electron chi connectivity index (χ3n) is 5.06. The van der Waals surface area contributed by atoms with E-state index in [9.17, 15) is 10.1 Å². The third kappa shape index (κ3) is 3.96. The van der Waals surface area contributed by atoms with E-state index >= 15 is 0 Å². The number of hydrogen-bond donors (Lipinski definition) is 0. The number of non-ortho nitro benzene ring substituents is 1. The van der Waals surface area contributed by atoms with Crippen molar-refractivity contribution >= 4 is 16.6 Å². The van der Waals surface area contributed by atoms with Crippen molar-refractivity contribution in [3.63, 3.8) is 0 Å². The van der Waals surface area contributed by atoms with E-state index in [4.69, 9.17) is 14.6 Å². The largest absolute Gasteiger partial charge is 0.497 e. The summed E-state index contributed by atoms with van der Waals surface area (Å²) in [6, 6.07) is 20.4. The standard InChI is InChI=1S/C23H21N3O4/c1-29-19-8-3-16(4-9-19)13-23-21-14-18(26(27)28)7-12-22(21)24-25(23)15-17-5-10-20(30-2)11-6-17/h3-12,14H,13,15H2,1-2H3. The molecule has 1 aromatic heterocycles. The van der Waals surface area contributed by atoms with Gasteiger partial charge in [-0.25, -0.2) is 0 Å². The van der Waals surface area contributed by atoms with Crippen molar-refractivity contribution in [2.24, 2.45) is 0 Å². The minimum atomic E-state index is -0.378. The number of fused-ring (bicyclic) bond motifs is 1. The molecule has 0 atom stereocenters. The average molecular weight is 403 g/mol. The maximum absolute atomic E-state index is 11.3. The number of methoxy groups -OCH3 is 2. The summed E-state index contributed by atoms with van der Waals surface area (Å²) in [5, 5.41) is 16.8. The van der Waals surface area contributed by atoms with E-state index in [0.717, 1.165) is 39.2 Å². The van der Waals surface area contributed by atoms with Crippen LogP contribution in [0.2, 0.25) is 0 Å². The van der Waals surface area contributed by atoms with Crippen LogP contribution in [0.25, 0.3) is 10.9 Å². The van der Waals surface area contributed by atoms with E-state index < -0.39 is 0 Å². The lowest BCUT2D eigenvalue weighted by Crippen LogP contribution is -2.07. The molecule has 4 rings (SSSR count). The minimum Gasteiger partial charge on any atom is -0.497 e. The highest BCUT2D eigenvalue weighted by Gasteiger charge is 2.16. The van der Waals surface area contributed by atoms with Crippen LogP contribution in [0, 0.1) is 10.1 Å². The van der Waals surface area contributed by atoms with E-state index in [1.54, 1.807) is 26.4 Å². The molecule has 4 aromatic rings. The quantitative estimate of drug-likeness (QED) is 0.333. The number of nitro groups is 1. The number of hydrogen-bond acceptors (Lipinski definition) is 5. The highest BCUT2D eigenvalue weighted by atomic mass is 16.6. The van der Waals surface area contributed by atoms with Crippen LogP contribution < -0.4 is 9.47 Å². The Morgan fingerprint density at radius 1 is 0.900 bits per heavy atom. The number of rotatable bonds is 7. The molecule has 0 radical (unpaired) electrons. The summed E-state index contributed by atoms with van der Waals surface area (Å²) in [4.78, 5) is 10.9. The Kier molecular flexibility index (Phi) is 5.34. The first-order valence-electron chi connectivity index (χ1n) is 9.47. The topological polar surface area (TPSA) is 79.4 Å². The van der Waals surface area contributed by atoms with Crippen LogP contribution in [0.3, 0.4) is 0 Å². The second-order valence-corrected chi connectivity index (χ2v) is 6.94. The van der Waals surface area contributed by atoms with Crippen molar-refractivity contribution < 1.29 is 14.4 Å². The van der Waals surface area contributed by atoms with Gasteiger partial charge >= 0.3 is 0 Å². The summed E-state index contributed by atoms with van der Waals surface area (Å²) in [6.45, 7) is 0.554. The van der Waals surface area contributed by atoms with Crippen LogP contribution in [-0.2, 0) is 13.0 Å². The molecule has 0 N–H and O–H groups in total. The molecule has 0 spiro atoms. The van der Waals surface area contributed by atoms with E-state index in [-0.39, 0.29) is 10.6 Å². The van der Waals surface area contributed by atoms with Crippen LogP contribution in [0.1, 0.15) is 16.8 Å². The van der Waals surface area contributed by atoms with Crippen LogP contribution in [0.15, 0.2) is 66.7 Å². The summed E-state index contributed by atoms with van der Waals surface area (Å²) in [5.41, 5.74) is 3.85. The molecule has 0 aliphatic rings. The van der Waals surface area contributed by atoms with E-state index in [1.807, 2.05) is 53.2 Å². The molecule has 0 amide bonds. The molecule has 0 aliphatic carbocycles. The van der Waals surface area contributed by atoms with Crippen molar-refractivity contribution in [3.8, 4) is 11.5 Å². The summed E-state index contributed by atoms with van der Waals surface area (Å²) >= 11 is 0. The van der Waals surface area contributed by atoms with Crippen LogP contribution >= 0.6 is 0 Å². The third-order valence-corrected chi connectivity index (χ3v) is 5.06. The molecule has 0 saturated carbocycles. The Balaban J connectivity index is 1.76. The highest BCUT2D eigenvalue weighted by molar-refractivity contribution is 5.84. The number of ether oxygens (including phenoxy) is 2. The Bertz CT molecular complexity index is 1180. The van der Waals surface area contributed by atoms with Gasteiger partial charge in [-0.1, -0.05) is 24.3 Å². The maximum Gasteiger partial charge on any atom is 0.270 e. The SMILES string of the molecule is COc1ccc(Cc2c3cc([N+](=O)[O-])ccc3nn2Cc2ccc(OC)cc2)cc1. The first-order chi connectivity index (χ1) is 14.6. The molecule has 0 saturated heterocycles. The molecule has 152 valence electrons. The van der Waals surface area contributed by atoms with Crippen LogP contribution in [0.4, 0.5) is 5.69 Å². The molecule has 1 heterocycles. The van der Waals surface area contributed by atoms with Gasteiger partial charge in [0.2, 0.25) is 0 Å². The predicted octanol–water partition coefficient (Wildman–Crippen LogP) is 4.60. The summed E-state index contributed by atoms with van der Waals surface area (Å²) in [7, 11) is 3.26. The Labute approximate surface area is 173 Å². The first kappa shape index (κ1) is 19.4. The lowest BCUT2D eigenvalue weighted by atomic mass is 10.1. The average Bonchev–Trinajstić information content (AvgIpc) is 3.11. The number of benzene rings is 3. The zero-order valence-electron chi connectivity index (χ0n) is 16.7. The fraction of sp³-hybridized carbons (Fsp3) is 0.174. The fourth-order valence-corrected chi connectivity index (χ4v) is 3.44. The van der Waals surface area contributed by atoms with E-state index in [2.05, 4.69) is 0 Å². The lowest BCUT2D eigenvalue weighted by molar-refractivity contribution is -0.384. The number of nitro benzene ring substituents is 1. The fourth-order valence-electron chi connectivity index (χ4n) is 3.44. The Hall–Kier alpha value is -3.87. The Morgan fingerprint density at radius 2 is 1.50 bits per heavy atom. The molecule has 3 aromatic carbocycles. The normalized spacial score (nSPS) is 10.9. The molecule has 7 nitrogen and oxygen atoms in total. The van der Waals surface area contributed by atoms with Crippen molar-refractivity contribution in [2.45, 2.75) is 13.0 Å². The van der Waals surface area contributed by atoms with Gasteiger partial charge in [0, 0.05) is 23.9 Å². The summed E-state index contributed by atoms with van der Waals surface area (Å²) in [6.07, 6.45) is 0.595. The minimum absolute atomic E-state index is 0.0579. The van der Waals surface area contributed by atoms with Gasteiger partial charge in [-0.05, 0) is 41.5 Å². The van der Waals surface area contributed by atoms with E-state index in [0.29, 0.717) is 13.0 Å². The van der Waals surface area contributed by atoms with Crippen LogP contribution in [0.5, 0.6) is 11.5 Å². The van der Waals surface area contributed by atoms with Gasteiger partial charge in [0.1, 0.15) is 11.5 Å². The molecule has 0 aliphatic heterocycles. The summed E-state index contributed by atoms with van der Waals surface area (Å²) < 4.78 is 12.4. The lowest BCUT2D eigenvalue weighted by Gasteiger charge is -2.10. The molecule has 0 bridgehead atoms. The second-order valence-electron chi connectivity index (χ2n) is 6.94. The van der Waals surface area contributed by atoms with Gasteiger partial charge in [0.05, 0.1) is 36.9 Å². The summed E-state index contributed by atoms with van der Waals surface area (Å²) in [5.74, 6) is 1.57. The zero-order valence-corrected chi connectivity index (χ0v) is 16.7. The van der Waals surface area contributed by atoms with Crippen molar-refractivity contribution in [1.29, 1.82) is 0 Å². The van der Waals surface area contributed by atoms with Gasteiger partial charge in [-0.2, -0.15) is 5.10 Å². The highest BCUT2D eigenvalue weighted by Crippen LogP contribution is 2.27. The van der Waals surface area contributed by atoms with Crippen molar-refractivity contribution in [1.82, 2.24) is 9.78 Å². The Morgan fingerprint density at radius 3 is 2.07 bits per heavy atom. The maximum atomic E-state index is 11.3. The number of nitrogens with zero attached hydrogens (tertiary/aromatic N) is 3. The smallest absolute Gasteiger partial charge is 0.270 e. The molecule has 30 heavy (non-hydrogen) atoms. The monoisotopic (exact) mass is 403 g/mol. The predicted molar refractivity (Wildman–Crippen MR) is 114 cm³/mol. The van der Waals surface area contributed by atoms with Crippen molar-refractivity contribution in [2.75, 3.05) is 14.2 Å². The second kappa shape index (κ2) is 8.24. The van der Waals surface area contributed by atoms with E-state index in [1.165, 1.54) is 6.07 Å². The van der Waals surface area contributed by atoms with Gasteiger partial charge in [0.25, 0.3) is 5.69 Å². The number of aromatic nitrogens is 2. The molecule has 7 heteroatoms. The van der Waals surface area contributed by atoms with Gasteiger partial charge in [0.15, 0.2) is 0 Å². The molecular weight excluding hydrogens is 382 g/mol. The molecule has 0 fully saturated rings. The van der Waals surface area contributed by atoms with Crippen molar-refractivity contribution in [3.05, 3.63) is 93.7 Å².